The molecule has 0 aromatic heterocycles. The second-order valence-corrected chi connectivity index (χ2v) is 11.3. The zero-order valence-electron chi connectivity index (χ0n) is 18.2. The first-order valence-corrected chi connectivity index (χ1v) is 12.2. The number of hydrogen-bond acceptors (Lipinski definition) is 1. The Morgan fingerprint density at radius 3 is 2.38 bits per heavy atom. The van der Waals surface area contributed by atoms with Crippen LogP contribution in [0.5, 0.6) is 0 Å². The summed E-state index contributed by atoms with van der Waals surface area (Å²) in [5.74, 6) is 4.67. The van der Waals surface area contributed by atoms with E-state index in [1.165, 1.54) is 83.5 Å². The molecular formula is C25H45N. The first-order chi connectivity index (χ1) is 12.4. The summed E-state index contributed by atoms with van der Waals surface area (Å²) in [6.45, 7) is 10.1. The van der Waals surface area contributed by atoms with Gasteiger partial charge in [0, 0.05) is 5.54 Å². The lowest BCUT2D eigenvalue weighted by Crippen LogP contribution is -2.69. The van der Waals surface area contributed by atoms with E-state index < -0.39 is 0 Å². The number of fused-ring (bicyclic) bond motifs is 5. The van der Waals surface area contributed by atoms with Gasteiger partial charge in [-0.05, 0) is 91.8 Å². The molecule has 0 aliphatic heterocycles. The van der Waals surface area contributed by atoms with Crippen molar-refractivity contribution in [2.75, 3.05) is 0 Å². The van der Waals surface area contributed by atoms with Gasteiger partial charge in [-0.1, -0.05) is 59.8 Å². The fourth-order valence-electron chi connectivity index (χ4n) is 9.14. The molecule has 2 N–H and O–H groups in total. The number of hydrogen-bond donors (Lipinski definition) is 1. The largest absolute Gasteiger partial charge is 0.324 e. The highest BCUT2D eigenvalue weighted by molar-refractivity contribution is 5.17. The summed E-state index contributed by atoms with van der Waals surface area (Å²) >= 11 is 0. The van der Waals surface area contributed by atoms with E-state index in [-0.39, 0.29) is 5.54 Å². The maximum atomic E-state index is 7.32. The van der Waals surface area contributed by atoms with E-state index in [2.05, 4.69) is 27.7 Å². The average molecular weight is 360 g/mol. The third-order valence-electron chi connectivity index (χ3n) is 10.7. The highest BCUT2D eigenvalue weighted by Gasteiger charge is 2.64. The van der Waals surface area contributed by atoms with E-state index in [9.17, 15) is 0 Å². The van der Waals surface area contributed by atoms with Crippen LogP contribution >= 0.6 is 0 Å². The Labute approximate surface area is 163 Å². The molecule has 0 spiro atoms. The summed E-state index contributed by atoms with van der Waals surface area (Å²) in [6.07, 6.45) is 18.6. The molecule has 0 saturated heterocycles. The monoisotopic (exact) mass is 359 g/mol. The summed E-state index contributed by atoms with van der Waals surface area (Å²) in [4.78, 5) is 0. The van der Waals surface area contributed by atoms with Gasteiger partial charge in [-0.3, -0.25) is 0 Å². The maximum absolute atomic E-state index is 7.32. The quantitative estimate of drug-likeness (QED) is 0.578. The van der Waals surface area contributed by atoms with Crippen LogP contribution in [0.3, 0.4) is 0 Å². The lowest BCUT2D eigenvalue weighted by Gasteiger charge is -2.67. The van der Waals surface area contributed by atoms with Crippen LogP contribution in [0.4, 0.5) is 0 Å². The van der Waals surface area contributed by atoms with Crippen LogP contribution in [0.1, 0.15) is 111 Å². The van der Waals surface area contributed by atoms with E-state index >= 15 is 0 Å². The molecule has 150 valence electrons. The van der Waals surface area contributed by atoms with Crippen molar-refractivity contribution in [2.24, 2.45) is 46.2 Å². The van der Waals surface area contributed by atoms with Gasteiger partial charge in [-0.2, -0.15) is 0 Å². The standard InChI is InChI=1S/C25H45N/c1-5-7-10-19-11-12-21-20-17-18(6-2)25(26)15-9-8-14-24(25,4)22(20)13-16-23(19,21)3/h18-22H,5-17,26H2,1-4H3/t18-,19?,20?,21?,22-,23+,24?,25?/m0/s1. The molecule has 0 bridgehead atoms. The normalized spacial score (nSPS) is 53.7. The molecule has 4 rings (SSSR count). The molecule has 5 unspecified atom stereocenters. The molecule has 0 heterocycles. The molecule has 0 radical (unpaired) electrons. The summed E-state index contributed by atoms with van der Waals surface area (Å²) in [7, 11) is 0. The van der Waals surface area contributed by atoms with Crippen molar-refractivity contribution in [1.29, 1.82) is 0 Å². The van der Waals surface area contributed by atoms with E-state index in [0.29, 0.717) is 10.8 Å². The number of unbranched alkanes of at least 4 members (excludes halogenated alkanes) is 1. The molecule has 8 atom stereocenters. The molecule has 4 fully saturated rings. The van der Waals surface area contributed by atoms with Gasteiger partial charge in [0.15, 0.2) is 0 Å². The minimum atomic E-state index is 0.134. The van der Waals surface area contributed by atoms with Crippen LogP contribution in [-0.2, 0) is 0 Å². The highest BCUT2D eigenvalue weighted by Crippen LogP contribution is 2.69. The van der Waals surface area contributed by atoms with Gasteiger partial charge in [0.2, 0.25) is 0 Å². The molecule has 1 heteroatoms. The molecule has 0 aromatic rings. The minimum absolute atomic E-state index is 0.134. The predicted molar refractivity (Wildman–Crippen MR) is 112 cm³/mol. The molecule has 4 saturated carbocycles. The zero-order valence-corrected chi connectivity index (χ0v) is 18.2. The van der Waals surface area contributed by atoms with Crippen molar-refractivity contribution >= 4 is 0 Å². The van der Waals surface area contributed by atoms with Gasteiger partial charge in [0.05, 0.1) is 0 Å². The van der Waals surface area contributed by atoms with Crippen LogP contribution < -0.4 is 5.73 Å². The van der Waals surface area contributed by atoms with Gasteiger partial charge in [-0.25, -0.2) is 0 Å². The lowest BCUT2D eigenvalue weighted by atomic mass is 9.40. The van der Waals surface area contributed by atoms with Crippen LogP contribution in [0.25, 0.3) is 0 Å². The fourth-order valence-corrected chi connectivity index (χ4v) is 9.14. The molecule has 4 aliphatic rings. The number of rotatable bonds is 4. The predicted octanol–water partition coefficient (Wildman–Crippen LogP) is 6.94. The van der Waals surface area contributed by atoms with Crippen molar-refractivity contribution < 1.29 is 0 Å². The van der Waals surface area contributed by atoms with Crippen molar-refractivity contribution in [3.05, 3.63) is 0 Å². The lowest BCUT2D eigenvalue weighted by molar-refractivity contribution is -0.148. The van der Waals surface area contributed by atoms with E-state index in [1.807, 2.05) is 0 Å². The van der Waals surface area contributed by atoms with Gasteiger partial charge >= 0.3 is 0 Å². The smallest absolute Gasteiger partial charge is 0.0240 e. The van der Waals surface area contributed by atoms with Gasteiger partial charge in [-0.15, -0.1) is 0 Å². The van der Waals surface area contributed by atoms with Crippen molar-refractivity contribution in [1.82, 2.24) is 0 Å². The van der Waals surface area contributed by atoms with Crippen molar-refractivity contribution in [3.8, 4) is 0 Å². The van der Waals surface area contributed by atoms with Gasteiger partial charge in [0.1, 0.15) is 0 Å². The maximum Gasteiger partial charge on any atom is 0.0240 e. The van der Waals surface area contributed by atoms with Gasteiger partial charge < -0.3 is 5.73 Å². The Balaban J connectivity index is 1.64. The molecule has 4 aliphatic carbocycles. The fraction of sp³-hybridized carbons (Fsp3) is 1.00. The summed E-state index contributed by atoms with van der Waals surface area (Å²) in [5, 5.41) is 0. The molecule has 26 heavy (non-hydrogen) atoms. The SMILES string of the molecule is CCCCC1CCC2C3C[C@H](CC)C4(N)CCCCC4(C)[C@H]3CC[C@]12C. The first kappa shape index (κ1) is 19.3. The van der Waals surface area contributed by atoms with Crippen molar-refractivity contribution in [3.63, 3.8) is 0 Å². The molecule has 1 nitrogen and oxygen atoms in total. The summed E-state index contributed by atoms with van der Waals surface area (Å²) in [6, 6.07) is 0. The van der Waals surface area contributed by atoms with Crippen LogP contribution in [0.15, 0.2) is 0 Å². The zero-order chi connectivity index (χ0) is 18.6. The Hall–Kier alpha value is -0.0400. The summed E-state index contributed by atoms with van der Waals surface area (Å²) in [5.41, 5.74) is 8.52. The summed E-state index contributed by atoms with van der Waals surface area (Å²) < 4.78 is 0. The van der Waals surface area contributed by atoms with Gasteiger partial charge in [0.25, 0.3) is 0 Å². The third kappa shape index (κ3) is 2.51. The van der Waals surface area contributed by atoms with Crippen LogP contribution in [0, 0.1) is 40.4 Å². The van der Waals surface area contributed by atoms with E-state index in [0.717, 1.165) is 29.6 Å². The Morgan fingerprint density at radius 2 is 1.65 bits per heavy atom. The number of nitrogens with two attached hydrogens (primary N) is 1. The second kappa shape index (κ2) is 6.78. The average Bonchev–Trinajstić information content (AvgIpc) is 2.96. The first-order valence-electron chi connectivity index (χ1n) is 12.2. The Morgan fingerprint density at radius 1 is 0.885 bits per heavy atom. The Kier molecular flexibility index (Phi) is 5.03. The Bertz CT molecular complexity index is 514. The minimum Gasteiger partial charge on any atom is -0.324 e. The van der Waals surface area contributed by atoms with Crippen LogP contribution in [-0.4, -0.2) is 5.54 Å². The second-order valence-electron chi connectivity index (χ2n) is 11.3. The third-order valence-corrected chi connectivity index (χ3v) is 10.7. The van der Waals surface area contributed by atoms with E-state index in [4.69, 9.17) is 5.73 Å². The van der Waals surface area contributed by atoms with E-state index in [1.54, 1.807) is 0 Å². The van der Waals surface area contributed by atoms with Crippen LogP contribution in [0.2, 0.25) is 0 Å². The molecule has 0 amide bonds. The highest BCUT2D eigenvalue weighted by atomic mass is 14.9. The molecule has 0 aromatic carbocycles. The topological polar surface area (TPSA) is 26.0 Å². The molecular weight excluding hydrogens is 314 g/mol. The van der Waals surface area contributed by atoms with Crippen molar-refractivity contribution in [2.45, 2.75) is 117 Å².